The Bertz CT molecular complexity index is 641. The number of rotatable bonds is 4. The van der Waals surface area contributed by atoms with Gasteiger partial charge in [0, 0.05) is 24.3 Å². The van der Waals surface area contributed by atoms with Crippen LogP contribution in [0.5, 0.6) is 0 Å². The molecule has 0 aliphatic carbocycles. The first-order chi connectivity index (χ1) is 10.5. The fraction of sp³-hybridized carbons (Fsp3) is 0.462. The maximum Gasteiger partial charge on any atom is 0.351 e. The van der Waals surface area contributed by atoms with Crippen molar-refractivity contribution < 1.29 is 24.5 Å². The molecule has 22 heavy (non-hydrogen) atoms. The zero-order valence-corrected chi connectivity index (χ0v) is 11.9. The Balaban J connectivity index is 2.31. The molecule has 1 aliphatic rings. The first-order valence-corrected chi connectivity index (χ1v) is 6.55. The summed E-state index contributed by atoms with van der Waals surface area (Å²) in [6.07, 6.45) is 1.61. The second-order valence-electron chi connectivity index (χ2n) is 4.74. The third-order valence-corrected chi connectivity index (χ3v) is 3.31. The Hall–Kier alpha value is -2.23. The smallest absolute Gasteiger partial charge is 0.351 e. The van der Waals surface area contributed by atoms with Crippen molar-refractivity contribution in [2.45, 2.75) is 24.9 Å². The summed E-state index contributed by atoms with van der Waals surface area (Å²) in [6, 6.07) is 0. The van der Waals surface area contributed by atoms with Gasteiger partial charge < -0.3 is 25.4 Å². The van der Waals surface area contributed by atoms with E-state index < -0.39 is 30.1 Å². The van der Waals surface area contributed by atoms with Crippen LogP contribution in [-0.4, -0.2) is 51.7 Å². The lowest BCUT2D eigenvalue weighted by Gasteiger charge is -2.15. The zero-order chi connectivity index (χ0) is 16.3. The van der Waals surface area contributed by atoms with Crippen molar-refractivity contribution in [3.8, 4) is 0 Å². The summed E-state index contributed by atoms with van der Waals surface area (Å²) >= 11 is 0. The normalized spacial score (nSPS) is 24.8. The molecule has 0 aromatic carbocycles. The molecule has 3 unspecified atom stereocenters. The Morgan fingerprint density at radius 2 is 2.41 bits per heavy atom. The molecule has 0 radical (unpaired) electrons. The number of esters is 1. The fourth-order valence-corrected chi connectivity index (χ4v) is 2.11. The van der Waals surface area contributed by atoms with Crippen molar-refractivity contribution in [1.29, 1.82) is 0 Å². The maximum atomic E-state index is 11.9. The number of nitrogens with two attached hydrogens (primary N) is 1. The molecule has 0 spiro atoms. The van der Waals surface area contributed by atoms with Crippen LogP contribution in [0, 0.1) is 0 Å². The van der Waals surface area contributed by atoms with E-state index in [1.165, 1.54) is 19.4 Å². The van der Waals surface area contributed by atoms with E-state index in [9.17, 15) is 14.7 Å². The zero-order valence-electron chi connectivity index (χ0n) is 11.9. The highest BCUT2D eigenvalue weighted by molar-refractivity contribution is 5.87. The number of nitrogen functional groups attached to an aromatic ring is 1. The molecule has 1 aliphatic heterocycles. The number of anilines is 1. The molecule has 3 atom stereocenters. The molecule has 0 saturated carbocycles. The van der Waals surface area contributed by atoms with Gasteiger partial charge in [-0.3, -0.25) is 4.57 Å². The number of aromatic nitrogens is 2. The Morgan fingerprint density at radius 3 is 3.00 bits per heavy atom. The lowest BCUT2D eigenvalue weighted by atomic mass is 10.2. The van der Waals surface area contributed by atoms with Crippen LogP contribution < -0.4 is 11.4 Å². The second-order valence-corrected chi connectivity index (χ2v) is 4.74. The molecule has 1 saturated heterocycles. The molecular formula is C13H17N3O6. The molecule has 120 valence electrons. The van der Waals surface area contributed by atoms with Gasteiger partial charge in [-0.25, -0.2) is 9.59 Å². The summed E-state index contributed by atoms with van der Waals surface area (Å²) in [5, 5.41) is 18.8. The van der Waals surface area contributed by atoms with Crippen molar-refractivity contribution in [3.05, 3.63) is 28.3 Å². The first-order valence-electron chi connectivity index (χ1n) is 6.55. The summed E-state index contributed by atoms with van der Waals surface area (Å²) in [7, 11) is 1.23. The first kappa shape index (κ1) is 16.1. The highest BCUT2D eigenvalue weighted by Crippen LogP contribution is 2.27. The third kappa shape index (κ3) is 3.32. The Labute approximate surface area is 125 Å². The largest absolute Gasteiger partial charge is 0.466 e. The quantitative estimate of drug-likeness (QED) is 0.458. The Kier molecular flexibility index (Phi) is 4.91. The number of nitrogens with zero attached hydrogens (tertiary/aromatic N) is 2. The van der Waals surface area contributed by atoms with Crippen LogP contribution in [0.15, 0.2) is 17.1 Å². The van der Waals surface area contributed by atoms with Gasteiger partial charge in [-0.15, -0.1) is 0 Å². The molecular weight excluding hydrogens is 294 g/mol. The monoisotopic (exact) mass is 311 g/mol. The van der Waals surface area contributed by atoms with Crippen molar-refractivity contribution in [3.63, 3.8) is 0 Å². The fourth-order valence-electron chi connectivity index (χ4n) is 2.11. The molecule has 1 aromatic rings. The number of carbonyl (C=O) groups is 1. The van der Waals surface area contributed by atoms with Gasteiger partial charge in [-0.2, -0.15) is 4.98 Å². The van der Waals surface area contributed by atoms with Crippen LogP contribution in [-0.2, 0) is 14.3 Å². The molecule has 2 rings (SSSR count). The minimum absolute atomic E-state index is 0.0429. The minimum atomic E-state index is -0.881. The number of hydrogen-bond acceptors (Lipinski definition) is 8. The van der Waals surface area contributed by atoms with Gasteiger partial charge in [0.2, 0.25) is 0 Å². The van der Waals surface area contributed by atoms with Crippen LogP contribution >= 0.6 is 0 Å². The Morgan fingerprint density at radius 1 is 1.68 bits per heavy atom. The van der Waals surface area contributed by atoms with Gasteiger partial charge in [0.25, 0.3) is 0 Å². The molecule has 1 fully saturated rings. The second kappa shape index (κ2) is 6.69. The van der Waals surface area contributed by atoms with Crippen molar-refractivity contribution in [1.82, 2.24) is 9.55 Å². The molecule has 0 amide bonds. The highest BCUT2D eigenvalue weighted by Gasteiger charge is 2.35. The van der Waals surface area contributed by atoms with E-state index in [1.54, 1.807) is 0 Å². The summed E-state index contributed by atoms with van der Waals surface area (Å²) in [5.74, 6) is -0.622. The van der Waals surface area contributed by atoms with E-state index in [0.717, 1.165) is 10.6 Å². The SMILES string of the molecule is COC(=O)C=Cc1cn(C2CC(O)C(CO)O2)c(=O)nc1N. The number of methoxy groups -OCH3 is 1. The van der Waals surface area contributed by atoms with E-state index in [-0.39, 0.29) is 18.8 Å². The van der Waals surface area contributed by atoms with Gasteiger partial charge in [-0.05, 0) is 6.08 Å². The number of ether oxygens (including phenoxy) is 2. The molecule has 1 aromatic heterocycles. The van der Waals surface area contributed by atoms with Crippen LogP contribution in [0.2, 0.25) is 0 Å². The lowest BCUT2D eigenvalue weighted by Crippen LogP contribution is -2.28. The number of aliphatic hydroxyl groups excluding tert-OH is 2. The van der Waals surface area contributed by atoms with Gasteiger partial charge in [-0.1, -0.05) is 0 Å². The maximum absolute atomic E-state index is 11.9. The van der Waals surface area contributed by atoms with E-state index in [4.69, 9.17) is 15.6 Å². The molecule has 0 bridgehead atoms. The van der Waals surface area contributed by atoms with Crippen LogP contribution in [0.25, 0.3) is 6.08 Å². The van der Waals surface area contributed by atoms with Gasteiger partial charge in [0.05, 0.1) is 19.8 Å². The predicted molar refractivity (Wildman–Crippen MR) is 75.6 cm³/mol. The number of aliphatic hydroxyl groups is 2. The van der Waals surface area contributed by atoms with Gasteiger partial charge >= 0.3 is 11.7 Å². The van der Waals surface area contributed by atoms with Gasteiger partial charge in [0.1, 0.15) is 18.1 Å². The molecule has 4 N–H and O–H groups in total. The summed E-state index contributed by atoms with van der Waals surface area (Å²) in [6.45, 7) is -0.357. The number of hydrogen-bond donors (Lipinski definition) is 3. The molecule has 9 heteroatoms. The van der Waals surface area contributed by atoms with Crippen molar-refractivity contribution in [2.75, 3.05) is 19.5 Å². The number of carbonyl (C=O) groups excluding carboxylic acids is 1. The summed E-state index contributed by atoms with van der Waals surface area (Å²) < 4.78 is 11.0. The average Bonchev–Trinajstić information content (AvgIpc) is 2.86. The topological polar surface area (TPSA) is 137 Å². The van der Waals surface area contributed by atoms with E-state index in [0.29, 0.717) is 5.56 Å². The third-order valence-electron chi connectivity index (χ3n) is 3.31. The standard InChI is InChI=1S/C13H17N3O6/c1-21-11(19)3-2-7-5-16(13(20)15-12(7)14)10-4-8(18)9(6-17)22-10/h2-3,5,8-10,17-18H,4,6H2,1H3,(H2,14,15,20). The molecule has 9 nitrogen and oxygen atoms in total. The lowest BCUT2D eigenvalue weighted by molar-refractivity contribution is -0.134. The van der Waals surface area contributed by atoms with E-state index >= 15 is 0 Å². The van der Waals surface area contributed by atoms with Crippen LogP contribution in [0.4, 0.5) is 5.82 Å². The average molecular weight is 311 g/mol. The van der Waals surface area contributed by atoms with Crippen LogP contribution in [0.1, 0.15) is 18.2 Å². The van der Waals surface area contributed by atoms with E-state index in [2.05, 4.69) is 9.72 Å². The highest BCUT2D eigenvalue weighted by atomic mass is 16.5. The minimum Gasteiger partial charge on any atom is -0.466 e. The van der Waals surface area contributed by atoms with E-state index in [1.807, 2.05) is 0 Å². The summed E-state index contributed by atoms with van der Waals surface area (Å²) in [5.41, 5.74) is 5.32. The molecule has 2 heterocycles. The van der Waals surface area contributed by atoms with Gasteiger partial charge in [0.15, 0.2) is 0 Å². The summed E-state index contributed by atoms with van der Waals surface area (Å²) in [4.78, 5) is 26.7. The predicted octanol–water partition coefficient (Wildman–Crippen LogP) is -1.35. The van der Waals surface area contributed by atoms with Crippen molar-refractivity contribution in [2.24, 2.45) is 0 Å². The van der Waals surface area contributed by atoms with Crippen LogP contribution in [0.3, 0.4) is 0 Å². The van der Waals surface area contributed by atoms with Crippen molar-refractivity contribution >= 4 is 17.9 Å².